The van der Waals surface area contributed by atoms with Gasteiger partial charge >= 0.3 is 4.87 Å². The molecule has 0 aliphatic carbocycles. The minimum atomic E-state index is -0.0244. The number of carbonyl (C=O) groups excluding carboxylic acids is 1. The van der Waals surface area contributed by atoms with E-state index in [1.165, 1.54) is 11.3 Å². The number of ether oxygens (including phenoxy) is 2. The number of aryl methyl sites for hydroxylation is 1. The Labute approximate surface area is 137 Å². The predicted octanol–water partition coefficient (Wildman–Crippen LogP) is 2.04. The third-order valence-electron chi connectivity index (χ3n) is 3.69. The normalized spacial score (nSPS) is 12.4. The van der Waals surface area contributed by atoms with Gasteiger partial charge in [-0.05, 0) is 31.0 Å². The summed E-state index contributed by atoms with van der Waals surface area (Å²) in [5, 5.41) is 4.71. The smallest absolute Gasteiger partial charge is 0.307 e. The second-order valence-corrected chi connectivity index (χ2v) is 6.18. The summed E-state index contributed by atoms with van der Waals surface area (Å²) in [5.74, 6) is 1.42. The van der Waals surface area contributed by atoms with Crippen LogP contribution in [0.5, 0.6) is 11.5 Å². The summed E-state index contributed by atoms with van der Waals surface area (Å²) in [4.78, 5) is 23.5. The van der Waals surface area contributed by atoms with Crippen molar-refractivity contribution in [3.8, 4) is 11.5 Å². The number of hydrogen-bond acceptors (Lipinski definition) is 5. The summed E-state index contributed by atoms with van der Waals surface area (Å²) in [5.41, 5.74) is 1.91. The summed E-state index contributed by atoms with van der Waals surface area (Å²) in [6, 6.07) is 5.62. The minimum Gasteiger partial charge on any atom is -0.454 e. The summed E-state index contributed by atoms with van der Waals surface area (Å²) >= 11 is 1.19. The number of hydrogen-bond donors (Lipinski definition) is 1. The maximum Gasteiger partial charge on any atom is 0.307 e. The molecule has 0 bridgehead atoms. The first-order chi connectivity index (χ1) is 11.1. The highest BCUT2D eigenvalue weighted by molar-refractivity contribution is 7.07. The van der Waals surface area contributed by atoms with Crippen LogP contribution in [0.1, 0.15) is 24.1 Å². The molecule has 1 aliphatic rings. The van der Waals surface area contributed by atoms with Crippen molar-refractivity contribution in [2.24, 2.45) is 0 Å². The topological polar surface area (TPSA) is 69.6 Å². The number of rotatable bonds is 6. The van der Waals surface area contributed by atoms with Gasteiger partial charge in [0.2, 0.25) is 12.7 Å². The lowest BCUT2D eigenvalue weighted by Crippen LogP contribution is -2.23. The Balaban J connectivity index is 1.44. The van der Waals surface area contributed by atoms with Crippen molar-refractivity contribution >= 4 is 17.2 Å². The molecule has 6 nitrogen and oxygen atoms in total. The molecular weight excluding hydrogens is 316 g/mol. The average Bonchev–Trinajstić information content (AvgIpc) is 3.13. The van der Waals surface area contributed by atoms with Crippen LogP contribution in [0.2, 0.25) is 0 Å². The zero-order chi connectivity index (χ0) is 16.2. The van der Waals surface area contributed by atoms with E-state index in [0.29, 0.717) is 31.7 Å². The maximum absolute atomic E-state index is 11.9. The van der Waals surface area contributed by atoms with Crippen molar-refractivity contribution < 1.29 is 14.3 Å². The van der Waals surface area contributed by atoms with E-state index in [4.69, 9.17) is 9.47 Å². The lowest BCUT2D eigenvalue weighted by molar-refractivity contribution is -0.121. The van der Waals surface area contributed by atoms with Crippen molar-refractivity contribution in [1.82, 2.24) is 9.88 Å². The van der Waals surface area contributed by atoms with Gasteiger partial charge in [-0.2, -0.15) is 0 Å². The third kappa shape index (κ3) is 3.73. The van der Waals surface area contributed by atoms with Crippen molar-refractivity contribution in [1.29, 1.82) is 0 Å². The summed E-state index contributed by atoms with van der Waals surface area (Å²) in [7, 11) is 0. The zero-order valence-corrected chi connectivity index (χ0v) is 13.6. The van der Waals surface area contributed by atoms with Gasteiger partial charge in [0.1, 0.15) is 0 Å². The molecule has 0 atom stereocenters. The van der Waals surface area contributed by atoms with E-state index in [9.17, 15) is 9.59 Å². The van der Waals surface area contributed by atoms with Crippen LogP contribution in [-0.4, -0.2) is 17.3 Å². The second-order valence-electron chi connectivity index (χ2n) is 5.36. The number of nitrogens with zero attached hydrogens (tertiary/aromatic N) is 1. The Morgan fingerprint density at radius 1 is 1.35 bits per heavy atom. The van der Waals surface area contributed by atoms with Crippen LogP contribution in [0, 0.1) is 6.92 Å². The summed E-state index contributed by atoms with van der Waals surface area (Å²) in [6.07, 6.45) is 1.04. The molecule has 0 spiro atoms. The SMILES string of the molecule is Cc1csc(=O)n1CCCC(=O)NCc1ccc2c(c1)OCO2. The number of amides is 1. The van der Waals surface area contributed by atoms with Gasteiger partial charge in [0.25, 0.3) is 0 Å². The van der Waals surface area contributed by atoms with Crippen LogP contribution >= 0.6 is 11.3 Å². The number of thiazole rings is 1. The van der Waals surface area contributed by atoms with Gasteiger partial charge in [-0.25, -0.2) is 0 Å². The van der Waals surface area contributed by atoms with Gasteiger partial charge in [-0.15, -0.1) is 0 Å². The average molecular weight is 334 g/mol. The summed E-state index contributed by atoms with van der Waals surface area (Å²) in [6.45, 7) is 3.17. The molecule has 1 amide bonds. The Morgan fingerprint density at radius 2 is 2.17 bits per heavy atom. The molecule has 23 heavy (non-hydrogen) atoms. The van der Waals surface area contributed by atoms with E-state index >= 15 is 0 Å². The van der Waals surface area contributed by atoms with Crippen LogP contribution in [0.25, 0.3) is 0 Å². The van der Waals surface area contributed by atoms with Crippen LogP contribution in [0.4, 0.5) is 0 Å². The summed E-state index contributed by atoms with van der Waals surface area (Å²) < 4.78 is 12.3. The quantitative estimate of drug-likeness (QED) is 0.878. The zero-order valence-electron chi connectivity index (χ0n) is 12.8. The molecule has 7 heteroatoms. The fourth-order valence-electron chi connectivity index (χ4n) is 2.41. The number of carbonyl (C=O) groups is 1. The highest BCUT2D eigenvalue weighted by atomic mass is 32.1. The third-order valence-corrected chi connectivity index (χ3v) is 4.57. The van der Waals surface area contributed by atoms with Crippen LogP contribution in [0.15, 0.2) is 28.4 Å². The molecule has 0 radical (unpaired) electrons. The lowest BCUT2D eigenvalue weighted by Gasteiger charge is -2.07. The van der Waals surface area contributed by atoms with Crippen molar-refractivity contribution in [2.75, 3.05) is 6.79 Å². The Bertz CT molecular complexity index is 766. The first kappa shape index (κ1) is 15.6. The molecule has 3 rings (SSSR count). The largest absolute Gasteiger partial charge is 0.454 e. The molecule has 0 saturated carbocycles. The molecule has 1 aliphatic heterocycles. The molecule has 122 valence electrons. The molecular formula is C16H18N2O4S. The number of fused-ring (bicyclic) bond motifs is 1. The maximum atomic E-state index is 11.9. The monoisotopic (exact) mass is 334 g/mol. The number of aromatic nitrogens is 1. The number of benzene rings is 1. The molecule has 1 aromatic heterocycles. The van der Waals surface area contributed by atoms with Gasteiger partial charge in [0.05, 0.1) is 0 Å². The molecule has 1 aromatic carbocycles. The molecule has 0 saturated heterocycles. The lowest BCUT2D eigenvalue weighted by atomic mass is 10.2. The Morgan fingerprint density at radius 3 is 2.96 bits per heavy atom. The van der Waals surface area contributed by atoms with Crippen LogP contribution < -0.4 is 19.7 Å². The van der Waals surface area contributed by atoms with E-state index in [1.54, 1.807) is 4.57 Å². The van der Waals surface area contributed by atoms with E-state index in [2.05, 4.69) is 5.32 Å². The van der Waals surface area contributed by atoms with Gasteiger partial charge in [-0.3, -0.25) is 9.59 Å². The predicted molar refractivity (Wildman–Crippen MR) is 87.0 cm³/mol. The van der Waals surface area contributed by atoms with E-state index in [-0.39, 0.29) is 17.6 Å². The Hall–Kier alpha value is -2.28. The van der Waals surface area contributed by atoms with Crippen molar-refractivity contribution in [3.05, 3.63) is 44.5 Å². The van der Waals surface area contributed by atoms with E-state index < -0.39 is 0 Å². The van der Waals surface area contributed by atoms with Crippen molar-refractivity contribution in [3.63, 3.8) is 0 Å². The van der Waals surface area contributed by atoms with Gasteiger partial charge in [-0.1, -0.05) is 17.4 Å². The van der Waals surface area contributed by atoms with Gasteiger partial charge in [0, 0.05) is 30.6 Å². The Kier molecular flexibility index (Phi) is 4.66. The molecule has 2 heterocycles. The van der Waals surface area contributed by atoms with Gasteiger partial charge < -0.3 is 19.4 Å². The fraction of sp³-hybridized carbons (Fsp3) is 0.375. The number of nitrogens with one attached hydrogen (secondary N) is 1. The van der Waals surface area contributed by atoms with Crippen molar-refractivity contribution in [2.45, 2.75) is 32.9 Å². The second kappa shape index (κ2) is 6.87. The van der Waals surface area contributed by atoms with E-state index in [1.807, 2.05) is 30.5 Å². The van der Waals surface area contributed by atoms with Crippen LogP contribution in [0.3, 0.4) is 0 Å². The standard InChI is InChI=1S/C16H18N2O4S/c1-11-9-23-16(20)18(11)6-2-3-15(19)17-8-12-4-5-13-14(7-12)22-10-21-13/h4-5,7,9H,2-3,6,8,10H2,1H3,(H,17,19). The molecule has 0 unspecified atom stereocenters. The van der Waals surface area contributed by atoms with Crippen LogP contribution in [-0.2, 0) is 17.9 Å². The first-order valence-electron chi connectivity index (χ1n) is 7.43. The van der Waals surface area contributed by atoms with Gasteiger partial charge in [0.15, 0.2) is 11.5 Å². The van der Waals surface area contributed by atoms with E-state index in [0.717, 1.165) is 17.0 Å². The highest BCUT2D eigenvalue weighted by Gasteiger charge is 2.13. The molecule has 2 aromatic rings. The minimum absolute atomic E-state index is 0.0244. The fourth-order valence-corrected chi connectivity index (χ4v) is 3.17. The first-order valence-corrected chi connectivity index (χ1v) is 8.31. The molecule has 0 fully saturated rings. The molecule has 1 N–H and O–H groups in total. The highest BCUT2D eigenvalue weighted by Crippen LogP contribution is 2.32.